The zero-order chi connectivity index (χ0) is 19.2. The summed E-state index contributed by atoms with van der Waals surface area (Å²) in [5.41, 5.74) is 2.99. The predicted molar refractivity (Wildman–Crippen MR) is 107 cm³/mol. The van der Waals surface area contributed by atoms with Crippen LogP contribution in [0.4, 0.5) is 0 Å². The Kier molecular flexibility index (Phi) is 5.26. The SMILES string of the molecule is CCC1=CC=C2CC3C4C=C(OC)C(OC)CC4(CCN3C)C2CCC1O. The van der Waals surface area contributed by atoms with E-state index in [4.69, 9.17) is 9.47 Å². The lowest BCUT2D eigenvalue weighted by atomic mass is 9.48. The maximum absolute atomic E-state index is 10.6. The van der Waals surface area contributed by atoms with Crippen molar-refractivity contribution in [3.8, 4) is 0 Å². The molecule has 27 heavy (non-hydrogen) atoms. The third-order valence-corrected chi connectivity index (χ3v) is 7.98. The Hall–Kier alpha value is -1.10. The molecule has 0 spiro atoms. The standard InChI is InChI=1S/C23H35NO3/c1-5-15-6-7-16-12-19-18-13-21(26-3)22(27-4)14-23(18,10-11-24(19)2)17(16)8-9-20(15)25/h6-7,13,17-20,22,25H,5,8-12,14H2,1-4H3. The Balaban J connectivity index is 1.80. The van der Waals surface area contributed by atoms with E-state index in [1.54, 1.807) is 19.8 Å². The number of hydrogen-bond donors (Lipinski definition) is 1. The fraction of sp³-hybridized carbons (Fsp3) is 0.739. The van der Waals surface area contributed by atoms with Gasteiger partial charge in [-0.2, -0.15) is 0 Å². The number of ether oxygens (including phenoxy) is 2. The van der Waals surface area contributed by atoms with Gasteiger partial charge in [0.05, 0.1) is 13.2 Å². The molecule has 0 amide bonds. The normalized spacial score (nSPS) is 42.0. The molecule has 3 aliphatic carbocycles. The number of likely N-dealkylation sites (tertiary alicyclic amines) is 1. The minimum absolute atomic E-state index is 0.0479. The van der Waals surface area contributed by atoms with E-state index in [1.807, 2.05) is 0 Å². The number of rotatable bonds is 3. The Morgan fingerprint density at radius 1 is 1.26 bits per heavy atom. The van der Waals surface area contributed by atoms with Gasteiger partial charge in [-0.25, -0.2) is 0 Å². The van der Waals surface area contributed by atoms with Crippen LogP contribution in [0.5, 0.6) is 0 Å². The second kappa shape index (κ2) is 7.38. The Morgan fingerprint density at radius 3 is 2.78 bits per heavy atom. The quantitative estimate of drug-likeness (QED) is 0.819. The Morgan fingerprint density at radius 2 is 2.07 bits per heavy atom. The van der Waals surface area contributed by atoms with Gasteiger partial charge in [-0.15, -0.1) is 0 Å². The van der Waals surface area contributed by atoms with Crippen LogP contribution < -0.4 is 0 Å². The monoisotopic (exact) mass is 373 g/mol. The van der Waals surface area contributed by atoms with Crippen molar-refractivity contribution in [1.29, 1.82) is 0 Å². The van der Waals surface area contributed by atoms with Crippen LogP contribution in [0, 0.1) is 17.3 Å². The highest BCUT2D eigenvalue weighted by Crippen LogP contribution is 2.61. The van der Waals surface area contributed by atoms with Gasteiger partial charge in [0, 0.05) is 19.1 Å². The molecule has 6 atom stereocenters. The summed E-state index contributed by atoms with van der Waals surface area (Å²) in [6.45, 7) is 3.29. The largest absolute Gasteiger partial charge is 0.499 e. The molecule has 1 heterocycles. The van der Waals surface area contributed by atoms with Gasteiger partial charge in [-0.05, 0) is 75.1 Å². The van der Waals surface area contributed by atoms with E-state index in [0.29, 0.717) is 17.9 Å². The van der Waals surface area contributed by atoms with E-state index >= 15 is 0 Å². The van der Waals surface area contributed by atoms with Crippen LogP contribution in [0.1, 0.15) is 45.4 Å². The van der Waals surface area contributed by atoms with Crippen molar-refractivity contribution in [2.75, 3.05) is 27.8 Å². The smallest absolute Gasteiger partial charge is 0.121 e. The zero-order valence-corrected chi connectivity index (χ0v) is 17.3. The van der Waals surface area contributed by atoms with Gasteiger partial charge in [0.15, 0.2) is 0 Å². The van der Waals surface area contributed by atoms with Gasteiger partial charge in [0.2, 0.25) is 0 Å². The molecule has 4 heteroatoms. The summed E-state index contributed by atoms with van der Waals surface area (Å²) in [6.07, 6.45) is 12.9. The lowest BCUT2D eigenvalue weighted by Gasteiger charge is -2.62. The van der Waals surface area contributed by atoms with E-state index in [9.17, 15) is 5.11 Å². The molecule has 0 aromatic rings. The first-order valence-corrected chi connectivity index (χ1v) is 10.6. The number of piperidine rings is 1. The highest BCUT2D eigenvalue weighted by molar-refractivity contribution is 5.33. The van der Waals surface area contributed by atoms with Crippen LogP contribution in [0.15, 0.2) is 35.1 Å². The summed E-state index contributed by atoms with van der Waals surface area (Å²) in [4.78, 5) is 2.55. The third-order valence-electron chi connectivity index (χ3n) is 7.98. The maximum Gasteiger partial charge on any atom is 0.121 e. The van der Waals surface area contributed by atoms with E-state index in [2.05, 4.69) is 37.1 Å². The van der Waals surface area contributed by atoms with Crippen molar-refractivity contribution >= 4 is 0 Å². The first-order valence-electron chi connectivity index (χ1n) is 10.6. The summed E-state index contributed by atoms with van der Waals surface area (Å²) < 4.78 is 11.6. The van der Waals surface area contributed by atoms with Crippen LogP contribution in [-0.4, -0.2) is 56.1 Å². The van der Waals surface area contributed by atoms with Crippen molar-refractivity contribution < 1.29 is 14.6 Å². The van der Waals surface area contributed by atoms with Crippen molar-refractivity contribution in [3.05, 3.63) is 35.1 Å². The van der Waals surface area contributed by atoms with Gasteiger partial charge in [0.1, 0.15) is 11.9 Å². The molecule has 0 radical (unpaired) electrons. The molecule has 1 saturated carbocycles. The van der Waals surface area contributed by atoms with Crippen LogP contribution in [0.2, 0.25) is 0 Å². The second-order valence-corrected chi connectivity index (χ2v) is 8.95. The molecule has 2 bridgehead atoms. The number of aliphatic hydroxyl groups excluding tert-OH is 1. The number of hydrogen-bond acceptors (Lipinski definition) is 4. The minimum Gasteiger partial charge on any atom is -0.499 e. The highest BCUT2D eigenvalue weighted by atomic mass is 16.5. The lowest BCUT2D eigenvalue weighted by Crippen LogP contribution is -2.61. The van der Waals surface area contributed by atoms with Crippen LogP contribution >= 0.6 is 0 Å². The van der Waals surface area contributed by atoms with Gasteiger partial charge in [-0.1, -0.05) is 24.6 Å². The summed E-state index contributed by atoms with van der Waals surface area (Å²) in [7, 11) is 5.85. The molecule has 0 aromatic heterocycles. The van der Waals surface area contributed by atoms with Crippen LogP contribution in [-0.2, 0) is 9.47 Å². The van der Waals surface area contributed by atoms with Gasteiger partial charge in [0.25, 0.3) is 0 Å². The van der Waals surface area contributed by atoms with Crippen LogP contribution in [0.25, 0.3) is 0 Å². The number of nitrogens with zero attached hydrogens (tertiary/aromatic N) is 1. The molecule has 4 nitrogen and oxygen atoms in total. The van der Waals surface area contributed by atoms with Gasteiger partial charge >= 0.3 is 0 Å². The van der Waals surface area contributed by atoms with Gasteiger partial charge in [-0.3, -0.25) is 0 Å². The number of fused-ring (bicyclic) bond motifs is 1. The first-order chi connectivity index (χ1) is 13.0. The first kappa shape index (κ1) is 19.2. The van der Waals surface area contributed by atoms with Crippen molar-refractivity contribution in [1.82, 2.24) is 4.90 Å². The fourth-order valence-corrected chi connectivity index (χ4v) is 6.45. The second-order valence-electron chi connectivity index (χ2n) is 8.95. The van der Waals surface area contributed by atoms with Gasteiger partial charge < -0.3 is 19.5 Å². The third kappa shape index (κ3) is 3.01. The number of allylic oxidation sites excluding steroid dienone is 2. The summed E-state index contributed by atoms with van der Waals surface area (Å²) in [6, 6.07) is 0.534. The molecular weight excluding hydrogens is 338 g/mol. The molecule has 1 N–H and O–H groups in total. The van der Waals surface area contributed by atoms with Crippen molar-refractivity contribution in [2.24, 2.45) is 17.3 Å². The lowest BCUT2D eigenvalue weighted by molar-refractivity contribution is -0.0934. The molecule has 2 fully saturated rings. The summed E-state index contributed by atoms with van der Waals surface area (Å²) in [5.74, 6) is 2.04. The van der Waals surface area contributed by atoms with E-state index in [-0.39, 0.29) is 17.6 Å². The average Bonchev–Trinajstić information content (AvgIpc) is 2.67. The van der Waals surface area contributed by atoms with E-state index < -0.39 is 0 Å². The topological polar surface area (TPSA) is 41.9 Å². The molecule has 150 valence electrons. The van der Waals surface area contributed by atoms with Crippen molar-refractivity contribution in [3.63, 3.8) is 0 Å². The maximum atomic E-state index is 10.6. The molecule has 1 aliphatic heterocycles. The minimum atomic E-state index is -0.293. The van der Waals surface area contributed by atoms with E-state index in [0.717, 1.165) is 44.4 Å². The Labute approximate surface area is 163 Å². The van der Waals surface area contributed by atoms with E-state index in [1.165, 1.54) is 12.0 Å². The highest BCUT2D eigenvalue weighted by Gasteiger charge is 2.58. The molecule has 4 aliphatic rings. The fourth-order valence-electron chi connectivity index (χ4n) is 6.45. The molecule has 0 aromatic carbocycles. The number of methoxy groups -OCH3 is 2. The number of aliphatic hydroxyl groups is 1. The molecular formula is C23H35NO3. The molecule has 1 saturated heterocycles. The molecule has 6 unspecified atom stereocenters. The zero-order valence-electron chi connectivity index (χ0n) is 17.3. The predicted octanol–water partition coefficient (Wildman–Crippen LogP) is 3.68. The summed E-state index contributed by atoms with van der Waals surface area (Å²) in [5, 5.41) is 10.6. The van der Waals surface area contributed by atoms with Crippen LogP contribution in [0.3, 0.4) is 0 Å². The Bertz CT molecular complexity index is 667. The average molecular weight is 374 g/mol. The summed E-state index contributed by atoms with van der Waals surface area (Å²) >= 11 is 0. The van der Waals surface area contributed by atoms with Crippen molar-refractivity contribution in [2.45, 2.75) is 63.7 Å². The molecule has 4 rings (SSSR count).